The first-order valence-corrected chi connectivity index (χ1v) is 12.0. The van der Waals surface area contributed by atoms with Crippen molar-refractivity contribution >= 4 is 36.6 Å². The van der Waals surface area contributed by atoms with Crippen LogP contribution in [0.5, 0.6) is 0 Å². The molecule has 0 saturated heterocycles. The minimum atomic E-state index is -4.54. The minimum absolute atomic E-state index is 0. The van der Waals surface area contributed by atoms with Crippen LogP contribution in [0.2, 0.25) is 0 Å². The van der Waals surface area contributed by atoms with E-state index in [2.05, 4.69) is 0 Å². The van der Waals surface area contributed by atoms with Crippen molar-refractivity contribution in [3.63, 3.8) is 0 Å². The number of hydrogen-bond donors (Lipinski definition) is 0. The summed E-state index contributed by atoms with van der Waals surface area (Å²) in [4.78, 5) is 0.804. The number of para-hydroxylation sites is 2. The average molecular weight is 619 g/mol. The van der Waals surface area contributed by atoms with Crippen LogP contribution in [0.25, 0.3) is 10.6 Å². The number of halogens is 6. The maximum atomic E-state index is 13.3. The zero-order valence-electron chi connectivity index (χ0n) is 19.7. The SMILES string of the molecule is FC(F)(F)c1ccc(C([N-]c2ccccc2[S-])C([N-]c2ccccc2[S-])c2ccc(C(F)(F)F)cc2)cc1.[Ni]. The fourth-order valence-corrected chi connectivity index (χ4v) is 4.22. The van der Waals surface area contributed by atoms with E-state index in [4.69, 9.17) is 35.9 Å². The van der Waals surface area contributed by atoms with E-state index in [0.717, 1.165) is 24.3 Å². The van der Waals surface area contributed by atoms with Crippen LogP contribution in [0.1, 0.15) is 34.3 Å². The maximum Gasteiger partial charge on any atom is 0.416 e. The van der Waals surface area contributed by atoms with E-state index in [1.807, 2.05) is 0 Å². The standard InChI is InChI=1S/C28H20F6N2S2.Ni/c29-27(30,31)19-13-9-17(10-14-19)25(35-21-5-1-3-7-23(21)37)26(36-22-6-2-4-8-24(22)38)18-11-15-20(16-12-18)28(32,33)34;/h1-16,25-26,37-38H;/q-2;/p-2. The average Bonchev–Trinajstić information content (AvgIpc) is 2.87. The van der Waals surface area contributed by atoms with E-state index in [-0.39, 0.29) is 16.5 Å². The van der Waals surface area contributed by atoms with E-state index in [9.17, 15) is 26.3 Å². The van der Waals surface area contributed by atoms with Crippen molar-refractivity contribution in [2.45, 2.75) is 34.2 Å². The molecule has 0 amide bonds. The molecule has 39 heavy (non-hydrogen) atoms. The van der Waals surface area contributed by atoms with Crippen LogP contribution in [-0.2, 0) is 54.1 Å². The topological polar surface area (TPSA) is 28.2 Å². The van der Waals surface area contributed by atoms with Gasteiger partial charge in [-0.1, -0.05) is 83.9 Å². The number of rotatable bonds is 7. The van der Waals surface area contributed by atoms with Gasteiger partial charge in [0.05, 0.1) is 11.1 Å². The first-order valence-electron chi connectivity index (χ1n) is 11.2. The van der Waals surface area contributed by atoms with Gasteiger partial charge in [-0.05, 0) is 24.3 Å². The Kier molecular flexibility index (Phi) is 9.75. The maximum absolute atomic E-state index is 13.3. The third-order valence-corrected chi connectivity index (χ3v) is 6.44. The molecule has 0 spiro atoms. The van der Waals surface area contributed by atoms with Crippen molar-refractivity contribution in [3.8, 4) is 0 Å². The third-order valence-electron chi connectivity index (χ3n) is 5.74. The molecule has 2 nitrogen and oxygen atoms in total. The van der Waals surface area contributed by atoms with E-state index < -0.39 is 35.6 Å². The van der Waals surface area contributed by atoms with Crippen LogP contribution in [0.3, 0.4) is 0 Å². The Morgan fingerprint density at radius 3 is 1.08 bits per heavy atom. The first-order chi connectivity index (χ1) is 17.9. The van der Waals surface area contributed by atoms with Gasteiger partial charge in [0.2, 0.25) is 0 Å². The molecule has 2 unspecified atom stereocenters. The van der Waals surface area contributed by atoms with Crippen LogP contribution in [0.15, 0.2) is 107 Å². The molecule has 2 atom stereocenters. The zero-order chi connectivity index (χ0) is 27.5. The number of nitrogens with zero attached hydrogens (tertiary/aromatic N) is 2. The monoisotopic (exact) mass is 618 g/mol. The molecule has 0 aliphatic rings. The second kappa shape index (κ2) is 12.4. The summed E-state index contributed by atoms with van der Waals surface area (Å²) in [5.74, 6) is 0. The van der Waals surface area contributed by atoms with Crippen LogP contribution in [-0.4, -0.2) is 0 Å². The molecule has 0 radical (unpaired) electrons. The summed E-state index contributed by atoms with van der Waals surface area (Å²) in [6, 6.07) is 20.5. The Bertz CT molecular complexity index is 1270. The molecule has 0 aliphatic carbocycles. The van der Waals surface area contributed by atoms with Gasteiger partial charge in [0.15, 0.2) is 0 Å². The van der Waals surface area contributed by atoms with Gasteiger partial charge in [0.25, 0.3) is 0 Å². The van der Waals surface area contributed by atoms with E-state index in [1.165, 1.54) is 24.3 Å². The van der Waals surface area contributed by atoms with Crippen molar-refractivity contribution in [1.82, 2.24) is 0 Å². The van der Waals surface area contributed by atoms with Crippen LogP contribution >= 0.6 is 0 Å². The molecule has 0 bridgehead atoms. The van der Waals surface area contributed by atoms with Gasteiger partial charge in [0.1, 0.15) is 0 Å². The molecule has 0 heterocycles. The van der Waals surface area contributed by atoms with Gasteiger partial charge in [0, 0.05) is 16.5 Å². The molecule has 208 valence electrons. The fraction of sp³-hybridized carbons (Fsp3) is 0.143. The number of hydrogen-bond acceptors (Lipinski definition) is 2. The first kappa shape index (κ1) is 30.5. The summed E-state index contributed by atoms with van der Waals surface area (Å²) in [6.45, 7) is 0. The van der Waals surface area contributed by atoms with Gasteiger partial charge in [-0.15, -0.1) is 12.1 Å². The van der Waals surface area contributed by atoms with E-state index in [0.29, 0.717) is 32.3 Å². The molecule has 0 aliphatic heterocycles. The Morgan fingerprint density at radius 1 is 0.487 bits per heavy atom. The summed E-state index contributed by atoms with van der Waals surface area (Å²) in [7, 11) is 0. The van der Waals surface area contributed by atoms with E-state index >= 15 is 0 Å². The van der Waals surface area contributed by atoms with Crippen molar-refractivity contribution in [2.75, 3.05) is 0 Å². The van der Waals surface area contributed by atoms with Crippen molar-refractivity contribution < 1.29 is 42.8 Å². The molecule has 4 aromatic carbocycles. The summed E-state index contributed by atoms with van der Waals surface area (Å²) >= 11 is 10.8. The Hall–Kier alpha value is -3.01. The molecule has 0 aromatic heterocycles. The smallest absolute Gasteiger partial charge is 0.416 e. The Labute approximate surface area is 243 Å². The molecule has 4 aromatic rings. The van der Waals surface area contributed by atoms with Gasteiger partial charge in [-0.3, -0.25) is 0 Å². The predicted octanol–water partition coefficient (Wildman–Crippen LogP) is 9.73. The quantitative estimate of drug-likeness (QED) is 0.117. The van der Waals surface area contributed by atoms with Crippen LogP contribution < -0.4 is 0 Å². The number of alkyl halides is 6. The summed E-state index contributed by atoms with van der Waals surface area (Å²) in [5, 5.41) is 9.52. The Morgan fingerprint density at radius 2 is 0.795 bits per heavy atom. The van der Waals surface area contributed by atoms with E-state index in [1.54, 1.807) is 48.5 Å². The number of benzene rings is 4. The minimum Gasteiger partial charge on any atom is -0.781 e. The van der Waals surface area contributed by atoms with Crippen molar-refractivity contribution in [1.29, 1.82) is 0 Å². The van der Waals surface area contributed by atoms with Crippen LogP contribution in [0.4, 0.5) is 37.7 Å². The van der Waals surface area contributed by atoms with Gasteiger partial charge >= 0.3 is 12.4 Å². The molecular formula is C28H18F6N2NiS2-4. The second-order valence-corrected chi connectivity index (χ2v) is 9.20. The summed E-state index contributed by atoms with van der Waals surface area (Å²) in [5.41, 5.74) is -0.166. The third kappa shape index (κ3) is 7.56. The molecule has 0 N–H and O–H groups in total. The van der Waals surface area contributed by atoms with Crippen LogP contribution in [0, 0.1) is 0 Å². The summed E-state index contributed by atoms with van der Waals surface area (Å²) in [6.07, 6.45) is -9.09. The predicted molar refractivity (Wildman–Crippen MR) is 139 cm³/mol. The van der Waals surface area contributed by atoms with Crippen molar-refractivity contribution in [2.24, 2.45) is 0 Å². The molecule has 11 heteroatoms. The second-order valence-electron chi connectivity index (χ2n) is 8.32. The molecule has 4 rings (SSSR count). The normalized spacial score (nSPS) is 13.2. The van der Waals surface area contributed by atoms with Gasteiger partial charge in [-0.25, -0.2) is 0 Å². The molecular weight excluding hydrogens is 601 g/mol. The zero-order valence-corrected chi connectivity index (χ0v) is 22.3. The van der Waals surface area contributed by atoms with Crippen molar-refractivity contribution in [3.05, 3.63) is 130 Å². The molecule has 0 saturated carbocycles. The van der Waals surface area contributed by atoms with Gasteiger partial charge < -0.3 is 35.9 Å². The van der Waals surface area contributed by atoms with Gasteiger partial charge in [-0.2, -0.15) is 47.5 Å². The Balaban J connectivity index is 0.00000420. The summed E-state index contributed by atoms with van der Waals surface area (Å²) < 4.78 is 79.5. The largest absolute Gasteiger partial charge is 0.781 e. The fourth-order valence-electron chi connectivity index (χ4n) is 3.82. The molecule has 0 fully saturated rings.